The van der Waals surface area contributed by atoms with Gasteiger partial charge < -0.3 is 4.98 Å². The van der Waals surface area contributed by atoms with Crippen molar-refractivity contribution < 1.29 is 0 Å². The SMILES string of the molecule is Cc1c[nH]c2ncc(-c3ccn[nH]3)cc12. The van der Waals surface area contributed by atoms with Crippen LogP contribution in [0.1, 0.15) is 5.56 Å². The maximum atomic E-state index is 4.35. The van der Waals surface area contributed by atoms with Crippen molar-refractivity contribution in [3.05, 3.63) is 36.3 Å². The Bertz CT molecular complexity index is 592. The highest BCUT2D eigenvalue weighted by Gasteiger charge is 2.04. The fourth-order valence-corrected chi connectivity index (χ4v) is 1.70. The van der Waals surface area contributed by atoms with Crippen LogP contribution in [-0.4, -0.2) is 20.2 Å². The number of aromatic amines is 2. The molecule has 0 saturated carbocycles. The molecule has 3 rings (SSSR count). The first-order valence-electron chi connectivity index (χ1n) is 4.78. The zero-order chi connectivity index (χ0) is 10.3. The summed E-state index contributed by atoms with van der Waals surface area (Å²) in [5, 5.41) is 8.01. The number of nitrogens with zero attached hydrogens (tertiary/aromatic N) is 2. The monoisotopic (exact) mass is 198 g/mol. The van der Waals surface area contributed by atoms with Crippen LogP contribution in [0.5, 0.6) is 0 Å². The van der Waals surface area contributed by atoms with Crippen molar-refractivity contribution in [2.45, 2.75) is 6.92 Å². The Labute approximate surface area is 86.4 Å². The minimum absolute atomic E-state index is 0.927. The number of aryl methyl sites for hydroxylation is 1. The molecule has 0 fully saturated rings. The van der Waals surface area contributed by atoms with E-state index in [1.165, 1.54) is 5.56 Å². The third kappa shape index (κ3) is 1.22. The summed E-state index contributed by atoms with van der Waals surface area (Å²) >= 11 is 0. The number of hydrogen-bond donors (Lipinski definition) is 2. The van der Waals surface area contributed by atoms with E-state index < -0.39 is 0 Å². The van der Waals surface area contributed by atoms with E-state index in [4.69, 9.17) is 0 Å². The molecule has 2 N–H and O–H groups in total. The van der Waals surface area contributed by atoms with Gasteiger partial charge >= 0.3 is 0 Å². The third-order valence-corrected chi connectivity index (χ3v) is 2.55. The van der Waals surface area contributed by atoms with E-state index in [0.29, 0.717) is 0 Å². The van der Waals surface area contributed by atoms with Gasteiger partial charge in [0.1, 0.15) is 5.65 Å². The van der Waals surface area contributed by atoms with E-state index >= 15 is 0 Å². The molecule has 4 nitrogen and oxygen atoms in total. The summed E-state index contributed by atoms with van der Waals surface area (Å²) in [5.41, 5.74) is 4.18. The highest BCUT2D eigenvalue weighted by molar-refractivity contribution is 5.83. The van der Waals surface area contributed by atoms with E-state index in [1.54, 1.807) is 6.20 Å². The molecule has 15 heavy (non-hydrogen) atoms. The molecule has 0 atom stereocenters. The van der Waals surface area contributed by atoms with Gasteiger partial charge in [-0.2, -0.15) is 5.10 Å². The van der Waals surface area contributed by atoms with Crippen LogP contribution in [0.3, 0.4) is 0 Å². The van der Waals surface area contributed by atoms with E-state index in [-0.39, 0.29) is 0 Å². The lowest BCUT2D eigenvalue weighted by Gasteiger charge is -1.97. The van der Waals surface area contributed by atoms with Crippen LogP contribution in [0.4, 0.5) is 0 Å². The maximum Gasteiger partial charge on any atom is 0.137 e. The molecule has 3 aromatic rings. The smallest absolute Gasteiger partial charge is 0.137 e. The van der Waals surface area contributed by atoms with E-state index in [9.17, 15) is 0 Å². The highest BCUT2D eigenvalue weighted by atomic mass is 15.1. The number of H-pyrrole nitrogens is 2. The zero-order valence-electron chi connectivity index (χ0n) is 8.28. The Morgan fingerprint density at radius 2 is 2.27 bits per heavy atom. The van der Waals surface area contributed by atoms with Crippen molar-refractivity contribution in [2.75, 3.05) is 0 Å². The maximum absolute atomic E-state index is 4.35. The molecule has 0 aliphatic carbocycles. The van der Waals surface area contributed by atoms with E-state index in [0.717, 1.165) is 22.3 Å². The van der Waals surface area contributed by atoms with Gasteiger partial charge in [0.2, 0.25) is 0 Å². The van der Waals surface area contributed by atoms with Crippen LogP contribution in [-0.2, 0) is 0 Å². The first-order chi connectivity index (χ1) is 7.34. The van der Waals surface area contributed by atoms with E-state index in [2.05, 4.69) is 33.2 Å². The predicted molar refractivity (Wildman–Crippen MR) is 58.4 cm³/mol. The second-order valence-corrected chi connectivity index (χ2v) is 3.56. The third-order valence-electron chi connectivity index (χ3n) is 2.55. The molecule has 3 heterocycles. The summed E-state index contributed by atoms with van der Waals surface area (Å²) in [6.45, 7) is 2.07. The summed E-state index contributed by atoms with van der Waals surface area (Å²) in [6, 6.07) is 4.05. The summed E-state index contributed by atoms with van der Waals surface area (Å²) in [4.78, 5) is 7.48. The second kappa shape index (κ2) is 2.95. The first-order valence-corrected chi connectivity index (χ1v) is 4.78. The van der Waals surface area contributed by atoms with Crippen molar-refractivity contribution in [3.63, 3.8) is 0 Å². The standard InChI is InChI=1S/C11H10N4/c1-7-5-12-11-9(7)4-8(6-13-11)10-2-3-14-15-10/h2-6H,1H3,(H,12,13)(H,14,15). The van der Waals surface area contributed by atoms with Gasteiger partial charge in [0.25, 0.3) is 0 Å². The molecule has 0 radical (unpaired) electrons. The number of rotatable bonds is 1. The average Bonchev–Trinajstić information content (AvgIpc) is 2.88. The molecule has 4 heteroatoms. The Balaban J connectivity index is 2.25. The van der Waals surface area contributed by atoms with Crippen molar-refractivity contribution in [1.29, 1.82) is 0 Å². The summed E-state index contributed by atoms with van der Waals surface area (Å²) in [5.74, 6) is 0. The molecule has 0 spiro atoms. The molecule has 0 bridgehead atoms. The lowest BCUT2D eigenvalue weighted by molar-refractivity contribution is 1.09. The van der Waals surface area contributed by atoms with Gasteiger partial charge in [-0.25, -0.2) is 4.98 Å². The number of aromatic nitrogens is 4. The molecule has 0 amide bonds. The van der Waals surface area contributed by atoms with Crippen LogP contribution in [0, 0.1) is 6.92 Å². The molecule has 0 aromatic carbocycles. The van der Waals surface area contributed by atoms with Crippen molar-refractivity contribution in [2.24, 2.45) is 0 Å². The predicted octanol–water partition coefficient (Wildman–Crippen LogP) is 2.26. The lowest BCUT2D eigenvalue weighted by atomic mass is 10.1. The molecule has 0 aliphatic rings. The summed E-state index contributed by atoms with van der Waals surface area (Å²) < 4.78 is 0. The molecule has 74 valence electrons. The fraction of sp³-hybridized carbons (Fsp3) is 0.0909. The van der Waals surface area contributed by atoms with Crippen molar-refractivity contribution >= 4 is 11.0 Å². The Morgan fingerprint density at radius 1 is 1.33 bits per heavy atom. The van der Waals surface area contributed by atoms with Crippen LogP contribution in [0.15, 0.2) is 30.7 Å². The zero-order valence-corrected chi connectivity index (χ0v) is 8.28. The van der Waals surface area contributed by atoms with Gasteiger partial charge in [0.15, 0.2) is 0 Å². The number of hydrogen-bond acceptors (Lipinski definition) is 2. The summed E-state index contributed by atoms with van der Waals surface area (Å²) in [6.07, 6.45) is 5.55. The number of pyridine rings is 1. The normalized spacial score (nSPS) is 11.0. The number of fused-ring (bicyclic) bond motifs is 1. The van der Waals surface area contributed by atoms with Crippen LogP contribution >= 0.6 is 0 Å². The minimum atomic E-state index is 0.927. The van der Waals surface area contributed by atoms with Gasteiger partial charge in [-0.1, -0.05) is 0 Å². The van der Waals surface area contributed by atoms with Crippen LogP contribution in [0.25, 0.3) is 22.3 Å². The van der Waals surface area contributed by atoms with Gasteiger partial charge in [0.05, 0.1) is 5.69 Å². The molecular formula is C11H10N4. The quantitative estimate of drug-likeness (QED) is 0.630. The second-order valence-electron chi connectivity index (χ2n) is 3.56. The van der Waals surface area contributed by atoms with Crippen molar-refractivity contribution in [3.8, 4) is 11.3 Å². The van der Waals surface area contributed by atoms with Crippen LogP contribution in [0.2, 0.25) is 0 Å². The average molecular weight is 198 g/mol. The largest absolute Gasteiger partial charge is 0.346 e. The van der Waals surface area contributed by atoms with Crippen molar-refractivity contribution in [1.82, 2.24) is 20.2 Å². The molecule has 0 aliphatic heterocycles. The first kappa shape index (κ1) is 8.23. The topological polar surface area (TPSA) is 57.4 Å². The molecule has 0 saturated heterocycles. The Hall–Kier alpha value is -2.10. The van der Waals surface area contributed by atoms with Gasteiger partial charge in [-0.05, 0) is 24.6 Å². The minimum Gasteiger partial charge on any atom is -0.346 e. The fourth-order valence-electron chi connectivity index (χ4n) is 1.70. The molecular weight excluding hydrogens is 188 g/mol. The number of nitrogens with one attached hydrogen (secondary N) is 2. The van der Waals surface area contributed by atoms with E-state index in [1.807, 2.05) is 18.5 Å². The van der Waals surface area contributed by atoms with Crippen LogP contribution < -0.4 is 0 Å². The molecule has 0 unspecified atom stereocenters. The highest BCUT2D eigenvalue weighted by Crippen LogP contribution is 2.22. The summed E-state index contributed by atoms with van der Waals surface area (Å²) in [7, 11) is 0. The lowest BCUT2D eigenvalue weighted by Crippen LogP contribution is -1.82. The Kier molecular flexibility index (Phi) is 1.62. The van der Waals surface area contributed by atoms with Gasteiger partial charge in [-0.15, -0.1) is 0 Å². The van der Waals surface area contributed by atoms with Gasteiger partial charge in [0, 0.05) is 29.5 Å². The van der Waals surface area contributed by atoms with Gasteiger partial charge in [-0.3, -0.25) is 5.10 Å². The molecule has 3 aromatic heterocycles. The Morgan fingerprint density at radius 3 is 3.07 bits per heavy atom.